The third-order valence-electron chi connectivity index (χ3n) is 2.61. The lowest BCUT2D eigenvalue weighted by Crippen LogP contribution is -2.17. The van der Waals surface area contributed by atoms with E-state index in [1.54, 1.807) is 13.2 Å². The van der Waals surface area contributed by atoms with Crippen molar-refractivity contribution < 1.29 is 0 Å². The molecule has 2 N–H and O–H groups in total. The topological polar surface area (TPSA) is 82.5 Å². The second-order valence-corrected chi connectivity index (χ2v) is 3.91. The summed E-state index contributed by atoms with van der Waals surface area (Å²) in [7, 11) is 1.74. The van der Waals surface area contributed by atoms with Crippen molar-refractivity contribution in [3.8, 4) is 0 Å². The average molecular weight is 232 g/mol. The number of aromatic nitrogens is 5. The van der Waals surface area contributed by atoms with Crippen molar-refractivity contribution in [1.82, 2.24) is 25.2 Å². The van der Waals surface area contributed by atoms with Crippen LogP contribution in [0.2, 0.25) is 0 Å². The summed E-state index contributed by atoms with van der Waals surface area (Å²) in [5.41, 5.74) is 8.22. The molecule has 1 atom stereocenters. The van der Waals surface area contributed by atoms with E-state index in [-0.39, 0.29) is 6.04 Å². The molecule has 0 spiro atoms. The summed E-state index contributed by atoms with van der Waals surface area (Å²) in [6, 6.07) is 3.79. The molecule has 0 saturated heterocycles. The minimum atomic E-state index is -0.185. The highest BCUT2D eigenvalue weighted by atomic mass is 15.6. The van der Waals surface area contributed by atoms with Crippen molar-refractivity contribution in [2.45, 2.75) is 25.8 Å². The molecule has 6 nitrogen and oxygen atoms in total. The summed E-state index contributed by atoms with van der Waals surface area (Å²) in [5, 5.41) is 11.8. The molecule has 0 aliphatic heterocycles. The second kappa shape index (κ2) is 5.01. The smallest absolute Gasteiger partial charge is 0.176 e. The van der Waals surface area contributed by atoms with Gasteiger partial charge in [0, 0.05) is 12.6 Å². The molecule has 0 saturated carbocycles. The van der Waals surface area contributed by atoms with Crippen LogP contribution in [0.25, 0.3) is 0 Å². The lowest BCUT2D eigenvalue weighted by atomic mass is 10.0. The Hall–Kier alpha value is -1.82. The van der Waals surface area contributed by atoms with Crippen molar-refractivity contribution in [2.75, 3.05) is 0 Å². The van der Waals surface area contributed by atoms with Crippen molar-refractivity contribution in [3.05, 3.63) is 35.4 Å². The van der Waals surface area contributed by atoms with Gasteiger partial charge in [-0.15, -0.1) is 10.2 Å². The van der Waals surface area contributed by atoms with Crippen molar-refractivity contribution in [3.63, 3.8) is 0 Å². The van der Waals surface area contributed by atoms with Crippen LogP contribution in [0.4, 0.5) is 0 Å². The van der Waals surface area contributed by atoms with Crippen LogP contribution < -0.4 is 5.73 Å². The van der Waals surface area contributed by atoms with Crippen LogP contribution in [0.15, 0.2) is 18.3 Å². The highest BCUT2D eigenvalue weighted by molar-refractivity contribution is 5.23. The largest absolute Gasteiger partial charge is 0.322 e. The monoisotopic (exact) mass is 232 g/mol. The van der Waals surface area contributed by atoms with Crippen molar-refractivity contribution in [2.24, 2.45) is 12.8 Å². The maximum Gasteiger partial charge on any atom is 0.176 e. The minimum Gasteiger partial charge on any atom is -0.322 e. The van der Waals surface area contributed by atoms with Crippen LogP contribution >= 0.6 is 0 Å². The van der Waals surface area contributed by atoms with E-state index in [1.165, 1.54) is 10.4 Å². The molecule has 1 unspecified atom stereocenters. The second-order valence-electron chi connectivity index (χ2n) is 3.91. The van der Waals surface area contributed by atoms with Gasteiger partial charge in [-0.05, 0) is 23.3 Å². The van der Waals surface area contributed by atoms with E-state index in [1.807, 2.05) is 12.1 Å². The molecule has 90 valence electrons. The number of rotatable bonds is 4. The molecule has 0 bridgehead atoms. The first-order chi connectivity index (χ1) is 8.20. The Morgan fingerprint density at radius 2 is 2.29 bits per heavy atom. The molecule has 0 aliphatic carbocycles. The van der Waals surface area contributed by atoms with Crippen LogP contribution in [0, 0.1) is 0 Å². The average Bonchev–Trinajstić information content (AvgIpc) is 2.74. The fourth-order valence-corrected chi connectivity index (χ4v) is 1.78. The van der Waals surface area contributed by atoms with E-state index in [0.29, 0.717) is 12.2 Å². The number of hydrogen-bond acceptors (Lipinski definition) is 5. The SMILES string of the molecule is CCc1cccnc1C(N)Cc1nnn(C)n1. The summed E-state index contributed by atoms with van der Waals surface area (Å²) in [6.45, 7) is 2.09. The maximum atomic E-state index is 6.13. The van der Waals surface area contributed by atoms with Crippen LogP contribution in [0.1, 0.15) is 30.0 Å². The zero-order valence-electron chi connectivity index (χ0n) is 10.0. The molecule has 17 heavy (non-hydrogen) atoms. The van der Waals surface area contributed by atoms with Gasteiger partial charge in [0.25, 0.3) is 0 Å². The number of pyridine rings is 1. The Labute approximate surface area is 99.9 Å². The van der Waals surface area contributed by atoms with E-state index in [4.69, 9.17) is 5.73 Å². The standard InChI is InChI=1S/C11H16N6/c1-3-8-5-4-6-13-11(8)9(12)7-10-14-16-17(2)15-10/h4-6,9H,3,7,12H2,1-2H3. The number of hydrogen-bond donors (Lipinski definition) is 1. The lowest BCUT2D eigenvalue weighted by molar-refractivity contribution is 0.619. The molecule has 2 heterocycles. The summed E-state index contributed by atoms with van der Waals surface area (Å²) in [4.78, 5) is 5.78. The van der Waals surface area contributed by atoms with Gasteiger partial charge < -0.3 is 5.73 Å². The fraction of sp³-hybridized carbons (Fsp3) is 0.455. The van der Waals surface area contributed by atoms with E-state index in [0.717, 1.165) is 12.1 Å². The highest BCUT2D eigenvalue weighted by Gasteiger charge is 2.14. The molecule has 0 fully saturated rings. The van der Waals surface area contributed by atoms with Gasteiger partial charge in [0.05, 0.1) is 18.8 Å². The van der Waals surface area contributed by atoms with Gasteiger partial charge >= 0.3 is 0 Å². The molecular formula is C11H16N6. The Balaban J connectivity index is 2.16. The van der Waals surface area contributed by atoms with Gasteiger partial charge in [0.15, 0.2) is 5.82 Å². The minimum absolute atomic E-state index is 0.185. The molecule has 0 aromatic carbocycles. The van der Waals surface area contributed by atoms with Gasteiger partial charge in [-0.25, -0.2) is 0 Å². The molecule has 2 aromatic rings. The highest BCUT2D eigenvalue weighted by Crippen LogP contribution is 2.16. The Morgan fingerprint density at radius 3 is 2.94 bits per heavy atom. The zero-order valence-corrected chi connectivity index (χ0v) is 10.0. The summed E-state index contributed by atoms with van der Waals surface area (Å²) in [5.74, 6) is 0.646. The number of aryl methyl sites for hydroxylation is 2. The van der Waals surface area contributed by atoms with E-state index < -0.39 is 0 Å². The third-order valence-corrected chi connectivity index (χ3v) is 2.61. The predicted molar refractivity (Wildman–Crippen MR) is 63.0 cm³/mol. The van der Waals surface area contributed by atoms with Crippen molar-refractivity contribution >= 4 is 0 Å². The van der Waals surface area contributed by atoms with E-state index in [2.05, 4.69) is 27.3 Å². The molecule has 2 rings (SSSR count). The molecule has 6 heteroatoms. The Morgan fingerprint density at radius 1 is 1.47 bits per heavy atom. The normalized spacial score (nSPS) is 12.6. The Bertz CT molecular complexity index is 492. The first-order valence-electron chi connectivity index (χ1n) is 5.63. The van der Waals surface area contributed by atoms with Gasteiger partial charge in [0.2, 0.25) is 0 Å². The van der Waals surface area contributed by atoms with Crippen LogP contribution in [-0.4, -0.2) is 25.2 Å². The number of tetrazole rings is 1. The molecule has 0 amide bonds. The lowest BCUT2D eigenvalue weighted by Gasteiger charge is -2.12. The van der Waals surface area contributed by atoms with Gasteiger partial charge in [0.1, 0.15) is 0 Å². The summed E-state index contributed by atoms with van der Waals surface area (Å²) < 4.78 is 0. The van der Waals surface area contributed by atoms with Crippen LogP contribution in [0.5, 0.6) is 0 Å². The van der Waals surface area contributed by atoms with E-state index in [9.17, 15) is 0 Å². The van der Waals surface area contributed by atoms with Crippen LogP contribution in [0.3, 0.4) is 0 Å². The van der Waals surface area contributed by atoms with Gasteiger partial charge in [-0.3, -0.25) is 4.98 Å². The molecule has 0 radical (unpaired) electrons. The van der Waals surface area contributed by atoms with E-state index >= 15 is 0 Å². The quantitative estimate of drug-likeness (QED) is 0.825. The zero-order chi connectivity index (χ0) is 12.3. The maximum absolute atomic E-state index is 6.13. The van der Waals surface area contributed by atoms with Gasteiger partial charge in [-0.2, -0.15) is 4.80 Å². The predicted octanol–water partition coefficient (Wildman–Crippen LogP) is 0.410. The molecular weight excluding hydrogens is 216 g/mol. The molecule has 0 aliphatic rings. The first-order valence-corrected chi connectivity index (χ1v) is 5.63. The summed E-state index contributed by atoms with van der Waals surface area (Å²) >= 11 is 0. The van der Waals surface area contributed by atoms with Gasteiger partial charge in [-0.1, -0.05) is 13.0 Å². The van der Waals surface area contributed by atoms with Crippen LogP contribution in [-0.2, 0) is 19.9 Å². The first kappa shape index (κ1) is 11.7. The Kier molecular flexibility index (Phi) is 3.43. The third kappa shape index (κ3) is 2.65. The number of nitrogens with zero attached hydrogens (tertiary/aromatic N) is 5. The fourth-order valence-electron chi connectivity index (χ4n) is 1.78. The number of nitrogens with two attached hydrogens (primary N) is 1. The molecule has 2 aromatic heterocycles. The summed E-state index contributed by atoms with van der Waals surface area (Å²) in [6.07, 6.45) is 3.24. The van der Waals surface area contributed by atoms with Crippen molar-refractivity contribution in [1.29, 1.82) is 0 Å².